The molecule has 3 heteroatoms. The third-order valence-electron chi connectivity index (χ3n) is 3.71. The molecule has 0 bridgehead atoms. The minimum absolute atomic E-state index is 0.0404. The summed E-state index contributed by atoms with van der Waals surface area (Å²) in [6.07, 6.45) is 1.01. The number of ketones is 1. The predicted molar refractivity (Wildman–Crippen MR) is 60.8 cm³/mol. The van der Waals surface area contributed by atoms with E-state index in [1.54, 1.807) is 11.3 Å². The molecule has 2 aromatic rings. The molecule has 2 heterocycles. The van der Waals surface area contributed by atoms with E-state index in [9.17, 15) is 4.79 Å². The third-order valence-corrected chi connectivity index (χ3v) is 4.47. The summed E-state index contributed by atoms with van der Waals surface area (Å²) >= 11 is 1.68. The highest BCUT2D eigenvalue weighted by molar-refractivity contribution is 7.07. The van der Waals surface area contributed by atoms with Crippen molar-refractivity contribution in [3.63, 3.8) is 0 Å². The van der Waals surface area contributed by atoms with Crippen LogP contribution in [0.25, 0.3) is 0 Å². The van der Waals surface area contributed by atoms with Gasteiger partial charge >= 0.3 is 0 Å². The summed E-state index contributed by atoms with van der Waals surface area (Å²) in [6.45, 7) is 0. The molecule has 0 unspecified atom stereocenters. The highest BCUT2D eigenvalue weighted by atomic mass is 32.1. The molecule has 1 aliphatic heterocycles. The van der Waals surface area contributed by atoms with Crippen LogP contribution < -0.4 is 4.57 Å². The van der Waals surface area contributed by atoms with E-state index in [1.165, 1.54) is 11.3 Å². The molecule has 2 atom stereocenters. The lowest BCUT2D eigenvalue weighted by molar-refractivity contribution is -0.698. The van der Waals surface area contributed by atoms with Gasteiger partial charge < -0.3 is 0 Å². The van der Waals surface area contributed by atoms with Crippen molar-refractivity contribution in [2.24, 2.45) is 0 Å². The average Bonchev–Trinajstić information content (AvgIpc) is 2.92. The second-order valence-electron chi connectivity index (χ2n) is 4.46. The fourth-order valence-corrected chi connectivity index (χ4v) is 3.86. The summed E-state index contributed by atoms with van der Waals surface area (Å²) in [5, 5.41) is 2.16. The van der Waals surface area contributed by atoms with Crippen molar-refractivity contribution in [2.45, 2.75) is 18.4 Å². The summed E-state index contributed by atoms with van der Waals surface area (Å²) in [7, 11) is 0. The molecule has 2 aliphatic rings. The fraction of sp³-hybridized carbons (Fsp3) is 0.231. The molecule has 1 aromatic carbocycles. The van der Waals surface area contributed by atoms with Crippen molar-refractivity contribution in [2.75, 3.05) is 0 Å². The molecule has 1 aliphatic carbocycles. The maximum absolute atomic E-state index is 12.3. The second-order valence-corrected chi connectivity index (χ2v) is 5.18. The SMILES string of the molecule is O=C1c2ccccc2[C@@H]2Cc3csc[n+]3[C@H]12. The molecular formula is C13H10NOS+. The zero-order valence-corrected chi connectivity index (χ0v) is 9.41. The maximum Gasteiger partial charge on any atom is 0.231 e. The lowest BCUT2D eigenvalue weighted by Gasteiger charge is -2.02. The number of rotatable bonds is 0. The number of benzene rings is 1. The number of thiazole rings is 1. The first-order valence-electron chi connectivity index (χ1n) is 5.45. The Morgan fingerprint density at radius 2 is 2.19 bits per heavy atom. The van der Waals surface area contributed by atoms with Crippen LogP contribution >= 0.6 is 11.3 Å². The number of fused-ring (bicyclic) bond motifs is 5. The van der Waals surface area contributed by atoms with Crippen molar-refractivity contribution < 1.29 is 9.36 Å². The van der Waals surface area contributed by atoms with Gasteiger partial charge in [-0.1, -0.05) is 35.6 Å². The van der Waals surface area contributed by atoms with Crippen LogP contribution in [-0.2, 0) is 6.42 Å². The van der Waals surface area contributed by atoms with E-state index in [0.29, 0.717) is 11.7 Å². The van der Waals surface area contributed by atoms with Crippen molar-refractivity contribution in [1.29, 1.82) is 0 Å². The first-order valence-corrected chi connectivity index (χ1v) is 6.40. The van der Waals surface area contributed by atoms with E-state index < -0.39 is 0 Å². The number of aromatic nitrogens is 1. The molecule has 0 amide bonds. The predicted octanol–water partition coefficient (Wildman–Crippen LogP) is 2.11. The summed E-state index contributed by atoms with van der Waals surface area (Å²) in [5.74, 6) is 0.676. The Kier molecular flexibility index (Phi) is 1.51. The van der Waals surface area contributed by atoms with E-state index >= 15 is 0 Å². The molecule has 0 spiro atoms. The first kappa shape index (κ1) is 8.65. The van der Waals surface area contributed by atoms with Gasteiger partial charge in [0.15, 0.2) is 5.69 Å². The lowest BCUT2D eigenvalue weighted by Crippen LogP contribution is -2.39. The van der Waals surface area contributed by atoms with Gasteiger partial charge in [0.1, 0.15) is 0 Å². The molecular weight excluding hydrogens is 218 g/mol. The summed E-state index contributed by atoms with van der Waals surface area (Å²) in [5.41, 5.74) is 5.56. The van der Waals surface area contributed by atoms with E-state index in [2.05, 4.69) is 21.5 Å². The van der Waals surface area contributed by atoms with Gasteiger partial charge in [0, 0.05) is 12.0 Å². The second kappa shape index (κ2) is 2.80. The molecule has 2 nitrogen and oxygen atoms in total. The highest BCUT2D eigenvalue weighted by Crippen LogP contribution is 2.43. The Balaban J connectivity index is 1.95. The zero-order chi connectivity index (χ0) is 10.7. The zero-order valence-electron chi connectivity index (χ0n) is 8.59. The number of carbonyl (C=O) groups is 1. The number of Topliss-reactive ketones (excluding diaryl/α,β-unsaturated/α-hetero) is 1. The Labute approximate surface area is 97.2 Å². The van der Waals surface area contributed by atoms with E-state index in [-0.39, 0.29) is 6.04 Å². The number of hydrogen-bond acceptors (Lipinski definition) is 2. The van der Waals surface area contributed by atoms with Crippen LogP contribution in [0.5, 0.6) is 0 Å². The quantitative estimate of drug-likeness (QED) is 0.633. The van der Waals surface area contributed by atoms with Crippen molar-refractivity contribution in [3.8, 4) is 0 Å². The third kappa shape index (κ3) is 0.877. The Bertz CT molecular complexity index is 601. The van der Waals surface area contributed by atoms with Gasteiger partial charge in [-0.15, -0.1) is 0 Å². The van der Waals surface area contributed by atoms with Crippen molar-refractivity contribution >= 4 is 17.1 Å². The number of nitrogens with zero attached hydrogens (tertiary/aromatic N) is 1. The van der Waals surface area contributed by atoms with Gasteiger partial charge in [-0.25, -0.2) is 0 Å². The van der Waals surface area contributed by atoms with Crippen LogP contribution in [0.2, 0.25) is 0 Å². The van der Waals surface area contributed by atoms with E-state index in [0.717, 1.165) is 12.0 Å². The van der Waals surface area contributed by atoms with Crippen molar-refractivity contribution in [3.05, 3.63) is 52.0 Å². The first-order chi connectivity index (χ1) is 7.86. The minimum atomic E-state index is 0.0404. The molecule has 1 aromatic heterocycles. The van der Waals surface area contributed by atoms with Crippen LogP contribution in [0.1, 0.15) is 33.6 Å². The van der Waals surface area contributed by atoms with Gasteiger partial charge in [-0.2, -0.15) is 4.57 Å². The van der Waals surface area contributed by atoms with Gasteiger partial charge in [0.25, 0.3) is 0 Å². The smallest absolute Gasteiger partial charge is 0.231 e. The molecule has 0 fully saturated rings. The summed E-state index contributed by atoms with van der Waals surface area (Å²) < 4.78 is 2.16. The summed E-state index contributed by atoms with van der Waals surface area (Å²) in [6, 6.07) is 8.09. The Morgan fingerprint density at radius 1 is 1.31 bits per heavy atom. The van der Waals surface area contributed by atoms with Crippen LogP contribution in [0.15, 0.2) is 35.2 Å². The molecule has 78 valence electrons. The standard InChI is InChI=1S/C13H10NOS/c15-13-10-4-2-1-3-9(10)11-5-8-6-16-7-14(8)12(11)13/h1-4,6-7,11-12H,5H2/q+1/t11-,12-/m0/s1. The van der Waals surface area contributed by atoms with Crippen LogP contribution in [0.4, 0.5) is 0 Å². The van der Waals surface area contributed by atoms with Gasteiger partial charge in [0.05, 0.1) is 11.3 Å². The molecule has 4 rings (SSSR count). The lowest BCUT2D eigenvalue weighted by atomic mass is 9.97. The highest BCUT2D eigenvalue weighted by Gasteiger charge is 2.52. The van der Waals surface area contributed by atoms with E-state index in [1.807, 2.05) is 18.2 Å². The minimum Gasteiger partial charge on any atom is -0.287 e. The maximum atomic E-state index is 12.3. The number of carbonyl (C=O) groups excluding carboxylic acids is 1. The monoisotopic (exact) mass is 228 g/mol. The van der Waals surface area contributed by atoms with Crippen molar-refractivity contribution in [1.82, 2.24) is 0 Å². The molecule has 0 N–H and O–H groups in total. The normalized spacial score (nSPS) is 25.4. The molecule has 0 saturated heterocycles. The largest absolute Gasteiger partial charge is 0.287 e. The Hall–Kier alpha value is -1.48. The fourth-order valence-electron chi connectivity index (χ4n) is 3.02. The Morgan fingerprint density at radius 3 is 3.12 bits per heavy atom. The van der Waals surface area contributed by atoms with Crippen LogP contribution in [0, 0.1) is 0 Å². The molecule has 0 saturated carbocycles. The summed E-state index contributed by atoms with van der Waals surface area (Å²) in [4.78, 5) is 12.3. The molecule has 16 heavy (non-hydrogen) atoms. The number of hydrogen-bond donors (Lipinski definition) is 0. The van der Waals surface area contributed by atoms with Crippen LogP contribution in [-0.4, -0.2) is 5.78 Å². The molecule has 0 radical (unpaired) electrons. The topological polar surface area (TPSA) is 20.9 Å². The van der Waals surface area contributed by atoms with Gasteiger partial charge in [0.2, 0.25) is 17.3 Å². The van der Waals surface area contributed by atoms with Gasteiger partial charge in [-0.05, 0) is 5.56 Å². The average molecular weight is 228 g/mol. The van der Waals surface area contributed by atoms with Crippen LogP contribution in [0.3, 0.4) is 0 Å². The van der Waals surface area contributed by atoms with E-state index in [4.69, 9.17) is 0 Å². The van der Waals surface area contributed by atoms with Gasteiger partial charge in [-0.3, -0.25) is 4.79 Å².